The molecule has 20 heterocycles. The summed E-state index contributed by atoms with van der Waals surface area (Å²) >= 11 is 0. The van der Waals surface area contributed by atoms with Crippen LogP contribution >= 0.6 is 0 Å². The second kappa shape index (κ2) is 44.8. The summed E-state index contributed by atoms with van der Waals surface area (Å²) in [7, 11) is 0. The standard InChI is InChI=1S/C67H93N21O33/c1-23-25(3)62-110-39(17-76-83-69)45(23)109-38-15-37(16-75-82-68)47(53(100-28(6)90)48(38)99-27(5)89)117-64-58(105-33(11)95)55(102-30(8)92)50(42(112-64)20-79-86-72)119-66-60(107-35(13)97)57(104-32(10)94)52(44(114-66)22-81-88-74)121-67-61(108-36(14)98)56(103-31(9)93)51(43(115-67)21-80-87-73)120-65-59(106-34(12)96)54(101-29(7)91)49(41(113-65)19-78-85-71)118-63-26(4)24(2)46(116-62)40(111-63)18-77-84-70/h23-26,37-67H,15-22H2,1-14H3/t23-,24-,25?,26?,37?,38-,39?,40?,41?,42?,43?,44?,45-,46-,47+,48?,49+,50+,51+,52+,53+,54+,55+,56+,57+,58?,59?,60?,61?,62+,63+,64+,65+,66+,67+/m1/s1. The van der Waals surface area contributed by atoms with Crippen LogP contribution in [0.2, 0.25) is 0 Å². The van der Waals surface area contributed by atoms with E-state index in [0.717, 1.165) is 69.2 Å². The van der Waals surface area contributed by atoms with Crippen molar-refractivity contribution in [2.24, 2.45) is 65.4 Å². The monoisotopic (exact) mass is 1720 g/mol. The van der Waals surface area contributed by atoms with E-state index in [1.807, 2.05) is 0 Å². The number of carbonyl (C=O) groups is 10. The summed E-state index contributed by atoms with van der Waals surface area (Å²) in [6.07, 6.45) is -56.6. The number of hydrogen-bond acceptors (Lipinski definition) is 40. The van der Waals surface area contributed by atoms with E-state index in [-0.39, 0.29) is 0 Å². The molecule has 664 valence electrons. The lowest BCUT2D eigenvalue weighted by Gasteiger charge is -2.52. The van der Waals surface area contributed by atoms with Crippen LogP contribution < -0.4 is 0 Å². The molecule has 0 aromatic carbocycles. The van der Waals surface area contributed by atoms with Gasteiger partial charge >= 0.3 is 59.7 Å². The second-order valence-corrected chi connectivity index (χ2v) is 29.1. The minimum Gasteiger partial charge on any atom is -0.456 e. The van der Waals surface area contributed by atoms with Crippen LogP contribution in [0.3, 0.4) is 0 Å². The van der Waals surface area contributed by atoms with Crippen molar-refractivity contribution in [1.29, 1.82) is 0 Å². The van der Waals surface area contributed by atoms with E-state index < -0.39 is 326 Å². The highest BCUT2D eigenvalue weighted by molar-refractivity contribution is 5.70. The molecule has 21 rings (SSSR count). The van der Waals surface area contributed by atoms with Gasteiger partial charge in [0.2, 0.25) is 0 Å². The lowest BCUT2D eigenvalue weighted by Crippen LogP contribution is -2.69. The average Bonchev–Trinajstić information content (AvgIpc) is 0.830. The first-order valence-corrected chi connectivity index (χ1v) is 37.9. The molecule has 1 aliphatic carbocycles. The van der Waals surface area contributed by atoms with E-state index in [9.17, 15) is 86.7 Å². The lowest BCUT2D eigenvalue weighted by molar-refractivity contribution is -0.389. The van der Waals surface area contributed by atoms with Crippen LogP contribution in [0, 0.1) is 29.6 Å². The Labute approximate surface area is 686 Å². The fourth-order valence-corrected chi connectivity index (χ4v) is 15.7. The summed E-state index contributed by atoms with van der Waals surface area (Å²) in [4.78, 5) is 157. The largest absolute Gasteiger partial charge is 0.456 e. The van der Waals surface area contributed by atoms with Crippen molar-refractivity contribution < 1.29 is 157 Å². The first kappa shape index (κ1) is 95.8. The molecule has 0 N–H and O–H groups in total. The summed E-state index contributed by atoms with van der Waals surface area (Å²) in [5.74, 6) is -15.9. The number of ether oxygens (including phenoxy) is 23. The van der Waals surface area contributed by atoms with Crippen molar-refractivity contribution in [3.63, 3.8) is 0 Å². The van der Waals surface area contributed by atoms with E-state index in [1.54, 1.807) is 27.7 Å². The maximum atomic E-state index is 13.7. The van der Waals surface area contributed by atoms with Crippen molar-refractivity contribution >= 4 is 59.7 Å². The molecule has 20 aliphatic heterocycles. The minimum absolute atomic E-state index is 0.390. The molecule has 14 bridgehead atoms. The summed E-state index contributed by atoms with van der Waals surface area (Å²) in [6.45, 7) is 10.8. The molecule has 20 saturated heterocycles. The number of nitrogens with zero attached hydrogens (tertiary/aromatic N) is 21. The van der Waals surface area contributed by atoms with Gasteiger partial charge in [0.25, 0.3) is 0 Å². The van der Waals surface area contributed by atoms with Crippen LogP contribution in [0.1, 0.15) is 103 Å². The van der Waals surface area contributed by atoms with E-state index in [0.29, 0.717) is 0 Å². The Hall–Kier alpha value is -10.7. The molecule has 54 nitrogen and oxygen atoms in total. The molecule has 21 fully saturated rings. The SMILES string of the molecule is CC(=O)OC1[C@H]2OC(CN=[N+]=[N-])[C@H](O[C@@H]3OC(CN=[N+]=[N-])[C@H](O[C@@H]4OC(CN=[N+]=[N-])[C@H](O[C@@H]5CC(CN=[N+]=[N-])[C@H](O[C@@H]6OC(CN=[N+]=[N-])[C@H](O[C@@H]7OC(CN=[N+]=[N-])[C@H](O[C@@H]8OC(CN=[N+]=[N-])[C@H](O2)[C@H](OC(C)=O)C8OC(C)=O)[C@H](OC(C)=O)C7OC(C)=O)[C@H](OC(C)=O)C6OC(C)=O)[C@H](OC(C)=O)C5OC(C)=O)[C@H](C)C4C)[C@H](C)C3C)[C@@H]1OC(C)=O. The van der Waals surface area contributed by atoms with Crippen molar-refractivity contribution in [1.82, 2.24) is 0 Å². The zero-order valence-corrected chi connectivity index (χ0v) is 67.7. The highest BCUT2D eigenvalue weighted by Gasteiger charge is 2.64. The fourth-order valence-electron chi connectivity index (χ4n) is 15.7. The van der Waals surface area contributed by atoms with Crippen molar-refractivity contribution in [2.45, 2.75) is 288 Å². The summed E-state index contributed by atoms with van der Waals surface area (Å²) in [6, 6.07) is 0. The second-order valence-electron chi connectivity index (χ2n) is 29.1. The van der Waals surface area contributed by atoms with Gasteiger partial charge in [0.15, 0.2) is 98.8 Å². The molecule has 0 aromatic rings. The molecule has 14 unspecified atom stereocenters. The van der Waals surface area contributed by atoms with Gasteiger partial charge in [-0.05, 0) is 62.9 Å². The normalized spacial score (nSPS) is 38.2. The zero-order chi connectivity index (χ0) is 88.8. The van der Waals surface area contributed by atoms with Gasteiger partial charge in [-0.3, -0.25) is 47.9 Å². The Morgan fingerprint density at radius 2 is 0.430 bits per heavy atom. The van der Waals surface area contributed by atoms with Gasteiger partial charge in [-0.1, -0.05) is 63.5 Å². The van der Waals surface area contributed by atoms with Gasteiger partial charge in [0, 0.05) is 122 Å². The van der Waals surface area contributed by atoms with E-state index in [4.69, 9.17) is 109 Å². The molecular formula is C67H93N21O33. The Bertz CT molecular complexity index is 4080. The Kier molecular flexibility index (Phi) is 35.4. The van der Waals surface area contributed by atoms with E-state index in [1.165, 1.54) is 0 Å². The maximum absolute atomic E-state index is 13.7. The van der Waals surface area contributed by atoms with Crippen LogP contribution in [-0.4, -0.2) is 290 Å². The third kappa shape index (κ3) is 24.8. The van der Waals surface area contributed by atoms with Gasteiger partial charge < -0.3 is 109 Å². The van der Waals surface area contributed by atoms with E-state index in [2.05, 4.69) is 70.2 Å². The molecule has 0 amide bonds. The zero-order valence-electron chi connectivity index (χ0n) is 67.7. The predicted octanol–water partition coefficient (Wildman–Crippen LogP) is 5.47. The van der Waals surface area contributed by atoms with Gasteiger partial charge in [-0.25, -0.2) is 0 Å². The highest BCUT2D eigenvalue weighted by Crippen LogP contribution is 2.47. The maximum Gasteiger partial charge on any atom is 0.303 e. The Morgan fingerprint density at radius 1 is 0.240 bits per heavy atom. The molecule has 1 saturated carbocycles. The number of carbonyl (C=O) groups excluding carboxylic acids is 10. The third-order valence-electron chi connectivity index (χ3n) is 20.7. The van der Waals surface area contributed by atoms with Crippen LogP contribution in [-0.2, 0) is 157 Å². The minimum atomic E-state index is -2.30. The van der Waals surface area contributed by atoms with Gasteiger partial charge in [0.1, 0.15) is 30.5 Å². The summed E-state index contributed by atoms with van der Waals surface area (Å²) in [5.41, 5.74) is 69.7. The van der Waals surface area contributed by atoms with Gasteiger partial charge in [0.05, 0.1) is 94.2 Å². The van der Waals surface area contributed by atoms with Crippen molar-refractivity contribution in [2.75, 3.05) is 45.8 Å². The molecule has 35 atom stereocenters. The molecule has 121 heavy (non-hydrogen) atoms. The number of hydrogen-bond donors (Lipinski definition) is 0. The first-order chi connectivity index (χ1) is 57.6. The highest BCUT2D eigenvalue weighted by atomic mass is 16.8. The molecule has 21 aliphatic rings. The molecule has 0 spiro atoms. The quantitative estimate of drug-likeness (QED) is 0.0380. The molecule has 0 radical (unpaired) electrons. The third-order valence-corrected chi connectivity index (χ3v) is 20.7. The molecular weight excluding hydrogens is 1630 g/mol. The number of esters is 10. The van der Waals surface area contributed by atoms with Gasteiger partial charge in [-0.15, -0.1) is 0 Å². The summed E-state index contributed by atoms with van der Waals surface area (Å²) in [5, 5.41) is 26.3. The Balaban J connectivity index is 1.40. The average molecular weight is 1720 g/mol. The molecule has 54 heteroatoms. The van der Waals surface area contributed by atoms with Crippen molar-refractivity contribution in [3.05, 3.63) is 73.1 Å². The number of azide groups is 7. The summed E-state index contributed by atoms with van der Waals surface area (Å²) < 4.78 is 147. The Morgan fingerprint density at radius 3 is 0.686 bits per heavy atom. The van der Waals surface area contributed by atoms with Gasteiger partial charge in [-0.2, -0.15) is 0 Å². The van der Waals surface area contributed by atoms with Crippen LogP contribution in [0.5, 0.6) is 0 Å². The van der Waals surface area contributed by atoms with Crippen LogP contribution in [0.4, 0.5) is 0 Å². The smallest absolute Gasteiger partial charge is 0.303 e. The predicted molar refractivity (Wildman–Crippen MR) is 388 cm³/mol. The fraction of sp³-hybridized carbons (Fsp3) is 0.851. The lowest BCUT2D eigenvalue weighted by atomic mass is 9.79. The first-order valence-electron chi connectivity index (χ1n) is 37.9. The van der Waals surface area contributed by atoms with Crippen molar-refractivity contribution in [3.8, 4) is 0 Å². The molecule has 0 aromatic heterocycles. The van der Waals surface area contributed by atoms with Crippen LogP contribution in [0.25, 0.3) is 73.1 Å². The van der Waals surface area contributed by atoms with Crippen LogP contribution in [0.15, 0.2) is 35.8 Å². The van der Waals surface area contributed by atoms with E-state index >= 15 is 0 Å². The number of rotatable bonds is 24. The topological polar surface area (TPSA) is 724 Å².